The SMILES string of the molecule is CC[C@H]1[C@@H]2C[C@H]3C4N(C)c5ccccc5[C@]45C[C@@H]([C@H]2[C@@H]5OC(C)=O)N3[C@@H]1OC(=O)c1cc(OC)c(OC)c(OC)c1. The Hall–Kier alpha value is -3.46. The first-order valence-electron chi connectivity index (χ1n) is 14.6. The number of para-hydroxylation sites is 1. The molecule has 5 fully saturated rings. The number of likely N-dealkylation sites (N-methyl/N-ethyl adjacent to an activating group) is 1. The highest BCUT2D eigenvalue weighted by Gasteiger charge is 2.78. The lowest BCUT2D eigenvalue weighted by molar-refractivity contribution is -0.213. The molecule has 218 valence electrons. The first kappa shape index (κ1) is 26.4. The van der Waals surface area contributed by atoms with Crippen LogP contribution in [0.1, 0.15) is 49.0 Å². The molecule has 9 nitrogen and oxygen atoms in total. The van der Waals surface area contributed by atoms with Crippen LogP contribution in [0.4, 0.5) is 5.69 Å². The third kappa shape index (κ3) is 3.32. The summed E-state index contributed by atoms with van der Waals surface area (Å²) in [6.07, 6.45) is 2.16. The number of piperidine rings is 4. The minimum absolute atomic E-state index is 0.121. The van der Waals surface area contributed by atoms with Gasteiger partial charge in [0.05, 0.1) is 38.3 Å². The molecule has 0 aromatic heterocycles. The summed E-state index contributed by atoms with van der Waals surface area (Å²) >= 11 is 0. The standard InChI is InChI=1S/C32H38N2O7/c1-7-18-19-14-22-28-32(20-10-8-9-11-21(20)33(28)3)15-23(26(19)29(32)40-16(2)35)34(22)30(18)41-31(36)17-12-24(37-4)27(39-6)25(13-17)38-5/h8-13,18-19,22-23,26,28-30H,7,14-15H2,1-6H3/t18-,19-,22-,23-,26-,28?,29-,30+,32+/m0/s1. The number of esters is 2. The first-order chi connectivity index (χ1) is 19.8. The third-order valence-electron chi connectivity index (χ3n) is 10.8. The quantitative estimate of drug-likeness (QED) is 0.465. The molecule has 0 amide bonds. The van der Waals surface area contributed by atoms with Gasteiger partial charge in [0.25, 0.3) is 0 Å². The summed E-state index contributed by atoms with van der Waals surface area (Å²) in [6.45, 7) is 3.70. The smallest absolute Gasteiger partial charge is 0.339 e. The summed E-state index contributed by atoms with van der Waals surface area (Å²) < 4.78 is 29.2. The molecule has 5 bridgehead atoms. The van der Waals surface area contributed by atoms with Gasteiger partial charge in [0, 0.05) is 43.6 Å². The van der Waals surface area contributed by atoms with E-state index in [-0.39, 0.29) is 59.6 Å². The molecule has 9 heteroatoms. The predicted molar refractivity (Wildman–Crippen MR) is 151 cm³/mol. The Labute approximate surface area is 240 Å². The van der Waals surface area contributed by atoms with Crippen molar-refractivity contribution in [2.75, 3.05) is 33.3 Å². The van der Waals surface area contributed by atoms with Crippen molar-refractivity contribution >= 4 is 17.6 Å². The summed E-state index contributed by atoms with van der Waals surface area (Å²) in [7, 11) is 6.76. The monoisotopic (exact) mass is 562 g/mol. The molecule has 8 rings (SSSR count). The van der Waals surface area contributed by atoms with Crippen molar-refractivity contribution in [3.8, 4) is 17.2 Å². The zero-order chi connectivity index (χ0) is 28.8. The Morgan fingerprint density at radius 3 is 2.34 bits per heavy atom. The van der Waals surface area contributed by atoms with E-state index < -0.39 is 5.97 Å². The minimum Gasteiger partial charge on any atom is -0.493 e. The molecule has 10 atom stereocenters. The van der Waals surface area contributed by atoms with E-state index in [0.717, 1.165) is 19.3 Å². The van der Waals surface area contributed by atoms with E-state index in [0.29, 0.717) is 22.8 Å². The van der Waals surface area contributed by atoms with Crippen molar-refractivity contribution < 1.29 is 33.3 Å². The fourth-order valence-corrected chi connectivity index (χ4v) is 9.70. The van der Waals surface area contributed by atoms with Crippen LogP contribution in [0.15, 0.2) is 36.4 Å². The molecule has 4 saturated heterocycles. The second kappa shape index (κ2) is 9.28. The van der Waals surface area contributed by atoms with Crippen LogP contribution in [0.3, 0.4) is 0 Å². The lowest BCUT2D eigenvalue weighted by Gasteiger charge is -2.62. The van der Waals surface area contributed by atoms with E-state index in [1.165, 1.54) is 39.5 Å². The Balaban J connectivity index is 1.29. The van der Waals surface area contributed by atoms with Crippen LogP contribution in [0.2, 0.25) is 0 Å². The number of fused-ring (bicyclic) bond motifs is 2. The van der Waals surface area contributed by atoms with E-state index in [9.17, 15) is 9.59 Å². The Kier molecular flexibility index (Phi) is 5.98. The van der Waals surface area contributed by atoms with Crippen molar-refractivity contribution in [3.63, 3.8) is 0 Å². The van der Waals surface area contributed by atoms with Gasteiger partial charge in [0.1, 0.15) is 6.10 Å². The average molecular weight is 563 g/mol. The highest BCUT2D eigenvalue weighted by Crippen LogP contribution is 2.70. The van der Waals surface area contributed by atoms with E-state index in [1.54, 1.807) is 12.1 Å². The van der Waals surface area contributed by atoms with Gasteiger partial charge in [-0.1, -0.05) is 25.1 Å². The Bertz CT molecular complexity index is 1390. The van der Waals surface area contributed by atoms with E-state index in [4.69, 9.17) is 23.7 Å². The molecule has 0 radical (unpaired) electrons. The van der Waals surface area contributed by atoms with Crippen LogP contribution in [0.25, 0.3) is 0 Å². The largest absolute Gasteiger partial charge is 0.493 e. The van der Waals surface area contributed by atoms with E-state index in [1.807, 2.05) is 0 Å². The number of methoxy groups -OCH3 is 3. The normalized spacial score (nSPS) is 36.9. The predicted octanol–water partition coefficient (Wildman–Crippen LogP) is 4.02. The number of hydrogen-bond donors (Lipinski definition) is 0. The van der Waals surface area contributed by atoms with Crippen molar-refractivity contribution in [1.82, 2.24) is 4.90 Å². The maximum atomic E-state index is 13.8. The molecular weight excluding hydrogens is 524 g/mol. The zero-order valence-electron chi connectivity index (χ0n) is 24.5. The van der Waals surface area contributed by atoms with Crippen LogP contribution < -0.4 is 19.1 Å². The topological polar surface area (TPSA) is 86.8 Å². The number of benzene rings is 2. The van der Waals surface area contributed by atoms with E-state index in [2.05, 4.69) is 48.0 Å². The van der Waals surface area contributed by atoms with Crippen molar-refractivity contribution in [1.29, 1.82) is 0 Å². The van der Waals surface area contributed by atoms with Gasteiger partial charge in [-0.25, -0.2) is 4.79 Å². The fraction of sp³-hybridized carbons (Fsp3) is 0.562. The summed E-state index contributed by atoms with van der Waals surface area (Å²) in [5.41, 5.74) is 2.58. The number of carbonyl (C=O) groups is 2. The van der Waals surface area contributed by atoms with Gasteiger partial charge in [-0.15, -0.1) is 0 Å². The molecule has 2 aromatic carbocycles. The molecule has 1 saturated carbocycles. The number of nitrogens with zero attached hydrogens (tertiary/aromatic N) is 2. The maximum Gasteiger partial charge on any atom is 0.339 e. The number of rotatable bonds is 7. The second-order valence-corrected chi connectivity index (χ2v) is 12.2. The molecule has 2 unspecified atom stereocenters. The zero-order valence-corrected chi connectivity index (χ0v) is 24.5. The van der Waals surface area contributed by atoms with Gasteiger partial charge in [-0.05, 0) is 48.9 Å². The molecule has 2 aromatic rings. The molecule has 5 heterocycles. The molecule has 5 aliphatic heterocycles. The highest BCUT2D eigenvalue weighted by molar-refractivity contribution is 5.91. The summed E-state index contributed by atoms with van der Waals surface area (Å²) in [5.74, 6) is 1.21. The molecule has 0 N–H and O–H groups in total. The molecule has 6 aliphatic rings. The number of ether oxygens (including phenoxy) is 5. The summed E-state index contributed by atoms with van der Waals surface area (Å²) in [6, 6.07) is 12.3. The minimum atomic E-state index is -0.417. The van der Waals surface area contributed by atoms with Gasteiger partial charge in [-0.2, -0.15) is 0 Å². The van der Waals surface area contributed by atoms with Crippen LogP contribution >= 0.6 is 0 Å². The van der Waals surface area contributed by atoms with Crippen LogP contribution in [0.5, 0.6) is 17.2 Å². The van der Waals surface area contributed by atoms with Gasteiger partial charge >= 0.3 is 11.9 Å². The van der Waals surface area contributed by atoms with Gasteiger partial charge in [0.15, 0.2) is 17.7 Å². The van der Waals surface area contributed by atoms with Crippen molar-refractivity contribution in [3.05, 3.63) is 47.5 Å². The molecular formula is C32H38N2O7. The molecule has 1 spiro atoms. The molecule has 41 heavy (non-hydrogen) atoms. The average Bonchev–Trinajstić information content (AvgIpc) is 3.38. The summed E-state index contributed by atoms with van der Waals surface area (Å²) in [4.78, 5) is 31.3. The first-order valence-corrected chi connectivity index (χ1v) is 14.6. The fourth-order valence-electron chi connectivity index (χ4n) is 9.70. The van der Waals surface area contributed by atoms with Crippen molar-refractivity contribution in [2.45, 2.75) is 69.0 Å². The lowest BCUT2D eigenvalue weighted by atomic mass is 9.62. The Morgan fingerprint density at radius 2 is 1.71 bits per heavy atom. The van der Waals surface area contributed by atoms with E-state index >= 15 is 0 Å². The van der Waals surface area contributed by atoms with Crippen LogP contribution in [-0.2, 0) is 19.7 Å². The van der Waals surface area contributed by atoms with Crippen LogP contribution in [-0.4, -0.2) is 75.7 Å². The van der Waals surface area contributed by atoms with Gasteiger partial charge < -0.3 is 28.6 Å². The number of carbonyl (C=O) groups excluding carboxylic acids is 2. The summed E-state index contributed by atoms with van der Waals surface area (Å²) in [5, 5.41) is 0. The lowest BCUT2D eigenvalue weighted by Crippen LogP contribution is -2.73. The van der Waals surface area contributed by atoms with Gasteiger partial charge in [-0.3, -0.25) is 9.69 Å². The van der Waals surface area contributed by atoms with Crippen LogP contribution in [0, 0.1) is 17.8 Å². The van der Waals surface area contributed by atoms with Gasteiger partial charge in [0.2, 0.25) is 5.75 Å². The number of hydrogen-bond acceptors (Lipinski definition) is 9. The second-order valence-electron chi connectivity index (χ2n) is 12.2. The van der Waals surface area contributed by atoms with Crippen molar-refractivity contribution in [2.24, 2.45) is 17.8 Å². The number of anilines is 1. The highest BCUT2D eigenvalue weighted by atomic mass is 16.6. The molecule has 1 aliphatic carbocycles. The maximum absolute atomic E-state index is 13.8. The third-order valence-corrected chi connectivity index (χ3v) is 10.8. The Morgan fingerprint density at radius 1 is 1.00 bits per heavy atom.